The van der Waals surface area contributed by atoms with E-state index >= 15 is 0 Å². The van der Waals surface area contributed by atoms with Crippen LogP contribution in [0.15, 0.2) is 23.6 Å². The summed E-state index contributed by atoms with van der Waals surface area (Å²) in [5.41, 5.74) is 0.750. The predicted octanol–water partition coefficient (Wildman–Crippen LogP) is 2.82. The van der Waals surface area contributed by atoms with E-state index in [0.717, 1.165) is 15.6 Å². The van der Waals surface area contributed by atoms with E-state index in [-0.39, 0.29) is 18.9 Å². The number of amides is 1. The van der Waals surface area contributed by atoms with E-state index in [0.29, 0.717) is 5.56 Å². The standard InChI is InChI=1S/C16H19NO4S/c1-10-4-5-11-12(8-22-13(11)6-10)15(20)17-16(2,9-21-3)7-14(18)19/h4-6,8H,7,9H2,1-3H3,(H,17,20)(H,18,19). The Hall–Kier alpha value is -1.92. The Bertz CT molecular complexity index is 709. The molecule has 1 heterocycles. The molecule has 118 valence electrons. The monoisotopic (exact) mass is 321 g/mol. The van der Waals surface area contributed by atoms with E-state index in [2.05, 4.69) is 5.32 Å². The molecule has 0 saturated carbocycles. The highest BCUT2D eigenvalue weighted by atomic mass is 32.1. The number of benzene rings is 1. The second-order valence-corrected chi connectivity index (χ2v) is 6.58. The molecular formula is C16H19NO4S. The predicted molar refractivity (Wildman–Crippen MR) is 86.6 cm³/mol. The Morgan fingerprint density at radius 3 is 2.77 bits per heavy atom. The summed E-state index contributed by atoms with van der Waals surface area (Å²) < 4.78 is 6.09. The van der Waals surface area contributed by atoms with Crippen molar-refractivity contribution in [3.8, 4) is 0 Å². The molecular weight excluding hydrogens is 302 g/mol. The number of ether oxygens (including phenoxy) is 1. The van der Waals surface area contributed by atoms with Gasteiger partial charge in [-0.3, -0.25) is 9.59 Å². The molecule has 0 radical (unpaired) electrons. The average Bonchev–Trinajstić information content (AvgIpc) is 2.80. The second kappa shape index (κ2) is 6.46. The maximum Gasteiger partial charge on any atom is 0.305 e. The van der Waals surface area contributed by atoms with E-state index in [9.17, 15) is 9.59 Å². The fourth-order valence-electron chi connectivity index (χ4n) is 2.44. The van der Waals surface area contributed by atoms with E-state index in [1.807, 2.05) is 25.1 Å². The number of nitrogens with one attached hydrogen (secondary N) is 1. The van der Waals surface area contributed by atoms with Crippen LogP contribution in [0.4, 0.5) is 0 Å². The van der Waals surface area contributed by atoms with Gasteiger partial charge in [-0.1, -0.05) is 12.1 Å². The van der Waals surface area contributed by atoms with Crippen molar-refractivity contribution in [2.24, 2.45) is 0 Å². The van der Waals surface area contributed by atoms with Crippen molar-refractivity contribution in [2.75, 3.05) is 13.7 Å². The summed E-state index contributed by atoms with van der Waals surface area (Å²) >= 11 is 1.50. The summed E-state index contributed by atoms with van der Waals surface area (Å²) in [5.74, 6) is -1.26. The van der Waals surface area contributed by atoms with Crippen LogP contribution in [-0.4, -0.2) is 36.2 Å². The maximum atomic E-state index is 12.5. The van der Waals surface area contributed by atoms with Crippen molar-refractivity contribution >= 4 is 33.3 Å². The van der Waals surface area contributed by atoms with Crippen LogP contribution < -0.4 is 5.32 Å². The van der Waals surface area contributed by atoms with Gasteiger partial charge in [0.15, 0.2) is 0 Å². The number of carboxylic acid groups (broad SMARTS) is 1. The summed E-state index contributed by atoms with van der Waals surface area (Å²) in [5, 5.41) is 14.5. The summed E-state index contributed by atoms with van der Waals surface area (Å²) in [6.45, 7) is 3.80. The molecule has 1 unspecified atom stereocenters. The molecule has 0 aliphatic rings. The van der Waals surface area contributed by atoms with Crippen LogP contribution >= 0.6 is 11.3 Å². The normalized spacial score (nSPS) is 13.8. The molecule has 0 saturated heterocycles. The van der Waals surface area contributed by atoms with Crippen LogP contribution in [0.5, 0.6) is 0 Å². The Kier molecular flexibility index (Phi) is 4.83. The number of aliphatic carboxylic acids is 1. The summed E-state index contributed by atoms with van der Waals surface area (Å²) in [7, 11) is 1.48. The Labute approximate surface area is 132 Å². The van der Waals surface area contributed by atoms with Gasteiger partial charge in [0, 0.05) is 22.6 Å². The molecule has 2 rings (SSSR count). The van der Waals surface area contributed by atoms with Gasteiger partial charge in [-0.25, -0.2) is 0 Å². The third kappa shape index (κ3) is 3.64. The SMILES string of the molecule is COCC(C)(CC(=O)O)NC(=O)c1csc2cc(C)ccc12. The number of aryl methyl sites for hydroxylation is 1. The molecule has 22 heavy (non-hydrogen) atoms. The van der Waals surface area contributed by atoms with Crippen LogP contribution in [0.2, 0.25) is 0 Å². The number of carboxylic acids is 1. The first-order chi connectivity index (χ1) is 10.3. The van der Waals surface area contributed by atoms with Crippen molar-refractivity contribution < 1.29 is 19.4 Å². The quantitative estimate of drug-likeness (QED) is 0.858. The van der Waals surface area contributed by atoms with E-state index < -0.39 is 11.5 Å². The lowest BCUT2D eigenvalue weighted by molar-refractivity contribution is -0.139. The van der Waals surface area contributed by atoms with Crippen molar-refractivity contribution in [3.05, 3.63) is 34.7 Å². The number of methoxy groups -OCH3 is 1. The first-order valence-electron chi connectivity index (χ1n) is 6.86. The molecule has 1 atom stereocenters. The molecule has 0 aliphatic carbocycles. The summed E-state index contributed by atoms with van der Waals surface area (Å²) in [6, 6.07) is 5.90. The van der Waals surface area contributed by atoms with Gasteiger partial charge in [0.1, 0.15) is 0 Å². The van der Waals surface area contributed by atoms with E-state index in [4.69, 9.17) is 9.84 Å². The molecule has 0 bridgehead atoms. The molecule has 0 spiro atoms. The highest BCUT2D eigenvalue weighted by Gasteiger charge is 2.30. The fourth-order valence-corrected chi connectivity index (χ4v) is 3.47. The van der Waals surface area contributed by atoms with Gasteiger partial charge >= 0.3 is 5.97 Å². The highest BCUT2D eigenvalue weighted by molar-refractivity contribution is 7.17. The molecule has 6 heteroatoms. The Balaban J connectivity index is 2.27. The number of hydrogen-bond donors (Lipinski definition) is 2. The molecule has 1 aromatic carbocycles. The van der Waals surface area contributed by atoms with E-state index in [1.54, 1.807) is 12.3 Å². The number of carbonyl (C=O) groups is 2. The van der Waals surface area contributed by atoms with Gasteiger partial charge < -0.3 is 15.2 Å². The molecule has 1 amide bonds. The zero-order valence-electron chi connectivity index (χ0n) is 12.8. The van der Waals surface area contributed by atoms with Crippen LogP contribution in [0.25, 0.3) is 10.1 Å². The third-order valence-corrected chi connectivity index (χ3v) is 4.34. The second-order valence-electron chi connectivity index (χ2n) is 5.67. The molecule has 0 fully saturated rings. The zero-order chi connectivity index (χ0) is 16.3. The molecule has 2 N–H and O–H groups in total. The third-order valence-electron chi connectivity index (χ3n) is 3.40. The van der Waals surface area contributed by atoms with E-state index in [1.165, 1.54) is 18.4 Å². The fraction of sp³-hybridized carbons (Fsp3) is 0.375. The van der Waals surface area contributed by atoms with Gasteiger partial charge in [-0.15, -0.1) is 11.3 Å². The largest absolute Gasteiger partial charge is 0.481 e. The molecule has 0 aliphatic heterocycles. The number of fused-ring (bicyclic) bond motifs is 1. The van der Waals surface area contributed by atoms with Crippen LogP contribution in [0, 0.1) is 6.92 Å². The number of rotatable bonds is 6. The summed E-state index contributed by atoms with van der Waals surface area (Å²) in [4.78, 5) is 23.5. The molecule has 5 nitrogen and oxygen atoms in total. The minimum atomic E-state index is -0.981. The van der Waals surface area contributed by atoms with Crippen molar-refractivity contribution in [1.82, 2.24) is 5.32 Å². The van der Waals surface area contributed by atoms with Gasteiger partial charge in [0.2, 0.25) is 0 Å². The van der Waals surface area contributed by atoms with Crippen molar-refractivity contribution in [3.63, 3.8) is 0 Å². The molecule has 1 aromatic heterocycles. The zero-order valence-corrected chi connectivity index (χ0v) is 13.6. The lowest BCUT2D eigenvalue weighted by Crippen LogP contribution is -2.50. The van der Waals surface area contributed by atoms with Gasteiger partial charge in [-0.05, 0) is 25.5 Å². The maximum absolute atomic E-state index is 12.5. The Morgan fingerprint density at radius 2 is 2.14 bits per heavy atom. The van der Waals surface area contributed by atoms with Gasteiger partial charge in [-0.2, -0.15) is 0 Å². The first kappa shape index (κ1) is 16.5. The number of hydrogen-bond acceptors (Lipinski definition) is 4. The summed E-state index contributed by atoms with van der Waals surface area (Å²) in [6.07, 6.45) is -0.201. The van der Waals surface area contributed by atoms with Gasteiger partial charge in [0.25, 0.3) is 5.91 Å². The topological polar surface area (TPSA) is 75.6 Å². The molecule has 2 aromatic rings. The van der Waals surface area contributed by atoms with Gasteiger partial charge in [0.05, 0.1) is 24.1 Å². The van der Waals surface area contributed by atoms with Crippen LogP contribution in [-0.2, 0) is 9.53 Å². The van der Waals surface area contributed by atoms with Crippen LogP contribution in [0.3, 0.4) is 0 Å². The number of thiophene rings is 1. The smallest absolute Gasteiger partial charge is 0.305 e. The average molecular weight is 321 g/mol. The number of carbonyl (C=O) groups excluding carboxylic acids is 1. The van der Waals surface area contributed by atoms with Crippen LogP contribution in [0.1, 0.15) is 29.3 Å². The first-order valence-corrected chi connectivity index (χ1v) is 7.74. The Morgan fingerprint density at radius 1 is 1.41 bits per heavy atom. The minimum Gasteiger partial charge on any atom is -0.481 e. The minimum absolute atomic E-state index is 0.131. The highest BCUT2D eigenvalue weighted by Crippen LogP contribution is 2.27. The lowest BCUT2D eigenvalue weighted by Gasteiger charge is -2.28. The van der Waals surface area contributed by atoms with Crippen molar-refractivity contribution in [1.29, 1.82) is 0 Å². The van der Waals surface area contributed by atoms with Crippen molar-refractivity contribution in [2.45, 2.75) is 25.8 Å². The lowest BCUT2D eigenvalue weighted by atomic mass is 9.98.